The second kappa shape index (κ2) is 7.13. The number of likely N-dealkylation sites (N-methyl/N-ethyl adjacent to an activating group) is 1. The Hall–Kier alpha value is -1.27. The molecule has 0 bridgehead atoms. The molecule has 21 heavy (non-hydrogen) atoms. The van der Waals surface area contributed by atoms with Gasteiger partial charge in [-0.3, -0.25) is 0 Å². The molecule has 114 valence electrons. The van der Waals surface area contributed by atoms with Crippen molar-refractivity contribution >= 4 is 15.9 Å². The first-order chi connectivity index (χ1) is 10.0. The molecule has 4 nitrogen and oxygen atoms in total. The third-order valence-electron chi connectivity index (χ3n) is 3.31. The predicted molar refractivity (Wildman–Crippen MR) is 83.4 cm³/mol. The van der Waals surface area contributed by atoms with Crippen molar-refractivity contribution in [1.82, 2.24) is 15.5 Å². The van der Waals surface area contributed by atoms with Crippen LogP contribution in [0.5, 0.6) is 0 Å². The monoisotopic (exact) mass is 355 g/mol. The highest BCUT2D eigenvalue weighted by Crippen LogP contribution is 2.23. The molecule has 0 aliphatic heterocycles. The highest BCUT2D eigenvalue weighted by atomic mass is 79.9. The van der Waals surface area contributed by atoms with Crippen molar-refractivity contribution in [3.05, 3.63) is 34.4 Å². The van der Waals surface area contributed by atoms with E-state index in [9.17, 15) is 4.39 Å². The molecule has 0 saturated carbocycles. The molecule has 0 aliphatic carbocycles. The molecule has 6 heteroatoms. The lowest BCUT2D eigenvalue weighted by atomic mass is 10.0. The summed E-state index contributed by atoms with van der Waals surface area (Å²) < 4.78 is 18.9. The maximum Gasteiger partial charge on any atom is 0.228 e. The fourth-order valence-electron chi connectivity index (χ4n) is 2.08. The van der Waals surface area contributed by atoms with Crippen molar-refractivity contribution in [2.75, 3.05) is 6.54 Å². The van der Waals surface area contributed by atoms with Crippen molar-refractivity contribution in [2.24, 2.45) is 5.92 Å². The molecule has 0 amide bonds. The Bertz CT molecular complexity index is 600. The summed E-state index contributed by atoms with van der Waals surface area (Å²) in [6.45, 7) is 7.28. The maximum atomic E-state index is 13.2. The zero-order valence-electron chi connectivity index (χ0n) is 12.4. The Morgan fingerprint density at radius 2 is 2.14 bits per heavy atom. The molecule has 0 radical (unpaired) electrons. The molecule has 0 fully saturated rings. The van der Waals surface area contributed by atoms with Crippen LogP contribution in [0.25, 0.3) is 11.4 Å². The lowest BCUT2D eigenvalue weighted by Crippen LogP contribution is -2.35. The molecule has 2 aromatic rings. The number of benzene rings is 1. The van der Waals surface area contributed by atoms with E-state index in [1.54, 1.807) is 12.1 Å². The number of rotatable bonds is 6. The smallest absolute Gasteiger partial charge is 0.228 e. The van der Waals surface area contributed by atoms with Crippen LogP contribution in [0, 0.1) is 11.7 Å². The van der Waals surface area contributed by atoms with E-state index in [0.717, 1.165) is 12.1 Å². The number of aromatic nitrogens is 2. The largest absolute Gasteiger partial charge is 0.339 e. The quantitative estimate of drug-likeness (QED) is 0.855. The van der Waals surface area contributed by atoms with E-state index in [-0.39, 0.29) is 5.82 Å². The van der Waals surface area contributed by atoms with Gasteiger partial charge in [-0.05, 0) is 46.6 Å². The average Bonchev–Trinajstić information content (AvgIpc) is 2.90. The molecular weight excluding hydrogens is 337 g/mol. The second-order valence-corrected chi connectivity index (χ2v) is 6.11. The summed E-state index contributed by atoms with van der Waals surface area (Å²) in [4.78, 5) is 4.39. The summed E-state index contributed by atoms with van der Waals surface area (Å²) in [5.74, 6) is 1.23. The molecule has 1 heterocycles. The minimum absolute atomic E-state index is 0.295. The van der Waals surface area contributed by atoms with Gasteiger partial charge in [-0.15, -0.1) is 0 Å². The van der Waals surface area contributed by atoms with Gasteiger partial charge in [0.2, 0.25) is 11.7 Å². The minimum Gasteiger partial charge on any atom is -0.339 e. The van der Waals surface area contributed by atoms with Gasteiger partial charge in [0, 0.05) is 18.0 Å². The summed E-state index contributed by atoms with van der Waals surface area (Å²) in [5.41, 5.74) is 0.725. The Kier molecular flexibility index (Phi) is 5.47. The van der Waals surface area contributed by atoms with E-state index >= 15 is 0 Å². The van der Waals surface area contributed by atoms with Gasteiger partial charge in [-0.2, -0.15) is 4.98 Å². The molecule has 0 aliphatic rings. The van der Waals surface area contributed by atoms with E-state index in [1.165, 1.54) is 6.07 Å². The van der Waals surface area contributed by atoms with Crippen molar-refractivity contribution in [3.63, 3.8) is 0 Å². The molecule has 0 saturated heterocycles. The van der Waals surface area contributed by atoms with Crippen molar-refractivity contribution in [2.45, 2.75) is 33.2 Å². The Balaban J connectivity index is 2.15. The predicted octanol–water partition coefficient (Wildman–Crippen LogP) is 3.81. The summed E-state index contributed by atoms with van der Waals surface area (Å²) in [5, 5.41) is 7.38. The summed E-state index contributed by atoms with van der Waals surface area (Å²) in [6.07, 6.45) is 0.681. The van der Waals surface area contributed by atoms with Crippen LogP contribution in [0.15, 0.2) is 27.2 Å². The Morgan fingerprint density at radius 1 is 1.38 bits per heavy atom. The molecule has 2 rings (SSSR count). The van der Waals surface area contributed by atoms with Crippen LogP contribution in [0.4, 0.5) is 4.39 Å². The van der Waals surface area contributed by atoms with Crippen LogP contribution >= 0.6 is 15.9 Å². The van der Waals surface area contributed by atoms with Gasteiger partial charge in [0.1, 0.15) is 5.82 Å². The van der Waals surface area contributed by atoms with E-state index in [0.29, 0.717) is 34.6 Å². The molecule has 1 N–H and O–H groups in total. The zero-order chi connectivity index (χ0) is 15.4. The van der Waals surface area contributed by atoms with E-state index in [4.69, 9.17) is 4.52 Å². The molecule has 0 spiro atoms. The van der Waals surface area contributed by atoms with Crippen LogP contribution in [0.3, 0.4) is 0 Å². The number of nitrogens with one attached hydrogen (secondary N) is 1. The molecular formula is C15H19BrFN3O. The fourth-order valence-corrected chi connectivity index (χ4v) is 2.46. The van der Waals surface area contributed by atoms with Gasteiger partial charge in [-0.1, -0.05) is 25.9 Å². The van der Waals surface area contributed by atoms with Crippen LogP contribution in [0.2, 0.25) is 0 Å². The van der Waals surface area contributed by atoms with Gasteiger partial charge in [-0.25, -0.2) is 4.39 Å². The van der Waals surface area contributed by atoms with E-state index in [1.807, 2.05) is 0 Å². The van der Waals surface area contributed by atoms with Crippen molar-refractivity contribution in [1.29, 1.82) is 0 Å². The van der Waals surface area contributed by atoms with Crippen LogP contribution in [-0.4, -0.2) is 22.7 Å². The SMILES string of the molecule is CCNC(Cc1nc(-c2ccc(F)c(Br)c2)no1)C(C)C. The van der Waals surface area contributed by atoms with Crippen molar-refractivity contribution in [3.8, 4) is 11.4 Å². The third kappa shape index (κ3) is 4.11. The van der Waals surface area contributed by atoms with Gasteiger partial charge in [0.05, 0.1) is 4.47 Å². The number of nitrogens with zero attached hydrogens (tertiary/aromatic N) is 2. The van der Waals surface area contributed by atoms with Gasteiger partial charge in [0.25, 0.3) is 0 Å². The molecule has 1 unspecified atom stereocenters. The zero-order valence-corrected chi connectivity index (χ0v) is 13.9. The highest BCUT2D eigenvalue weighted by Gasteiger charge is 2.17. The second-order valence-electron chi connectivity index (χ2n) is 5.25. The maximum absolute atomic E-state index is 13.2. The van der Waals surface area contributed by atoms with Crippen LogP contribution in [0.1, 0.15) is 26.7 Å². The normalized spacial score (nSPS) is 12.9. The van der Waals surface area contributed by atoms with Gasteiger partial charge < -0.3 is 9.84 Å². The van der Waals surface area contributed by atoms with E-state index in [2.05, 4.69) is 52.2 Å². The topological polar surface area (TPSA) is 51.0 Å². The Morgan fingerprint density at radius 3 is 2.76 bits per heavy atom. The lowest BCUT2D eigenvalue weighted by molar-refractivity contribution is 0.329. The minimum atomic E-state index is -0.311. The lowest BCUT2D eigenvalue weighted by Gasteiger charge is -2.19. The summed E-state index contributed by atoms with van der Waals surface area (Å²) in [7, 11) is 0. The summed E-state index contributed by atoms with van der Waals surface area (Å²) >= 11 is 3.16. The fraction of sp³-hybridized carbons (Fsp3) is 0.467. The Labute approximate surface area is 132 Å². The standard InChI is InChI=1S/C15H19BrFN3O/c1-4-18-13(9(2)3)8-14-19-15(20-21-14)10-5-6-12(17)11(16)7-10/h5-7,9,13,18H,4,8H2,1-3H3. The highest BCUT2D eigenvalue weighted by molar-refractivity contribution is 9.10. The number of hydrogen-bond acceptors (Lipinski definition) is 4. The number of halogens is 2. The molecule has 1 aromatic heterocycles. The van der Waals surface area contributed by atoms with Crippen LogP contribution < -0.4 is 5.32 Å². The average molecular weight is 356 g/mol. The first kappa shape index (κ1) is 16.1. The first-order valence-electron chi connectivity index (χ1n) is 7.02. The molecule has 1 atom stereocenters. The van der Waals surface area contributed by atoms with E-state index < -0.39 is 0 Å². The van der Waals surface area contributed by atoms with Gasteiger partial charge in [0.15, 0.2) is 0 Å². The number of hydrogen-bond donors (Lipinski definition) is 1. The van der Waals surface area contributed by atoms with Crippen LogP contribution in [-0.2, 0) is 6.42 Å². The summed E-state index contributed by atoms with van der Waals surface area (Å²) in [6, 6.07) is 4.96. The first-order valence-corrected chi connectivity index (χ1v) is 7.82. The molecule has 1 aromatic carbocycles. The third-order valence-corrected chi connectivity index (χ3v) is 3.92. The van der Waals surface area contributed by atoms with Crippen molar-refractivity contribution < 1.29 is 8.91 Å². The van der Waals surface area contributed by atoms with Gasteiger partial charge >= 0.3 is 0 Å².